The number of carbonyl (C=O) groups is 2. The first kappa shape index (κ1) is 23.2. The van der Waals surface area contributed by atoms with Crippen molar-refractivity contribution in [2.45, 2.75) is 40.7 Å². The first-order valence-corrected chi connectivity index (χ1v) is 9.74. The SMILES string of the molecule is COC[C@@H](C)n1c(C)cc(/C=C(\C#N)C(=O)OCC(=O)c2cc(C)n(C)c2C)c1C. The second-order valence-corrected chi connectivity index (χ2v) is 7.51. The van der Waals surface area contributed by atoms with E-state index in [1.54, 1.807) is 13.2 Å². The molecule has 1 atom stereocenters. The third kappa shape index (κ3) is 4.71. The van der Waals surface area contributed by atoms with Crippen LogP contribution in [0.1, 0.15) is 51.7 Å². The van der Waals surface area contributed by atoms with Gasteiger partial charge in [0, 0.05) is 42.5 Å². The average Bonchev–Trinajstić information content (AvgIpc) is 3.13. The van der Waals surface area contributed by atoms with Gasteiger partial charge in [-0.3, -0.25) is 4.79 Å². The van der Waals surface area contributed by atoms with Crippen LogP contribution in [-0.4, -0.2) is 41.2 Å². The minimum Gasteiger partial charge on any atom is -0.453 e. The van der Waals surface area contributed by atoms with E-state index in [0.717, 1.165) is 28.3 Å². The van der Waals surface area contributed by atoms with Gasteiger partial charge in [-0.1, -0.05) is 0 Å². The van der Waals surface area contributed by atoms with Crippen LogP contribution < -0.4 is 0 Å². The highest BCUT2D eigenvalue weighted by Crippen LogP contribution is 2.23. The smallest absolute Gasteiger partial charge is 0.349 e. The molecule has 0 aliphatic heterocycles. The minimum absolute atomic E-state index is 0.116. The molecular formula is C23H29N3O4. The van der Waals surface area contributed by atoms with E-state index in [4.69, 9.17) is 9.47 Å². The summed E-state index contributed by atoms with van der Waals surface area (Å²) in [7, 11) is 3.52. The zero-order valence-corrected chi connectivity index (χ0v) is 18.7. The number of aromatic nitrogens is 2. The maximum absolute atomic E-state index is 12.4. The van der Waals surface area contributed by atoms with Crippen LogP contribution in [0.3, 0.4) is 0 Å². The fourth-order valence-corrected chi connectivity index (χ4v) is 3.66. The van der Waals surface area contributed by atoms with Crippen LogP contribution in [0.2, 0.25) is 0 Å². The number of nitrogens with zero attached hydrogens (tertiary/aromatic N) is 3. The van der Waals surface area contributed by atoms with Crippen LogP contribution in [0.5, 0.6) is 0 Å². The molecule has 30 heavy (non-hydrogen) atoms. The monoisotopic (exact) mass is 411 g/mol. The number of hydrogen-bond acceptors (Lipinski definition) is 5. The highest BCUT2D eigenvalue weighted by atomic mass is 16.5. The maximum atomic E-state index is 12.4. The van der Waals surface area contributed by atoms with Gasteiger partial charge < -0.3 is 18.6 Å². The van der Waals surface area contributed by atoms with Crippen molar-refractivity contribution in [1.82, 2.24) is 9.13 Å². The number of rotatable bonds is 8. The van der Waals surface area contributed by atoms with Gasteiger partial charge in [0.2, 0.25) is 5.78 Å². The number of hydrogen-bond donors (Lipinski definition) is 0. The number of ether oxygens (including phenoxy) is 2. The Labute approximate surface area is 177 Å². The first-order chi connectivity index (χ1) is 14.1. The Morgan fingerprint density at radius 2 is 1.83 bits per heavy atom. The van der Waals surface area contributed by atoms with E-state index in [9.17, 15) is 14.9 Å². The van der Waals surface area contributed by atoms with Gasteiger partial charge in [0.15, 0.2) is 6.61 Å². The lowest BCUT2D eigenvalue weighted by Crippen LogP contribution is -2.16. The number of esters is 1. The van der Waals surface area contributed by atoms with E-state index in [-0.39, 0.29) is 17.4 Å². The molecule has 0 aliphatic carbocycles. The van der Waals surface area contributed by atoms with Gasteiger partial charge in [-0.2, -0.15) is 5.26 Å². The Bertz CT molecular complexity index is 1030. The molecule has 7 heteroatoms. The Hall–Kier alpha value is -3.11. The summed E-state index contributed by atoms with van der Waals surface area (Å²) in [6.07, 6.45) is 1.50. The number of ketones is 1. The van der Waals surface area contributed by atoms with E-state index in [1.807, 2.05) is 58.4 Å². The van der Waals surface area contributed by atoms with E-state index in [0.29, 0.717) is 12.2 Å². The normalized spacial score (nSPS) is 12.5. The zero-order valence-electron chi connectivity index (χ0n) is 18.7. The maximum Gasteiger partial charge on any atom is 0.349 e. The molecule has 0 amide bonds. The van der Waals surface area contributed by atoms with Gasteiger partial charge in [-0.05, 0) is 58.4 Å². The lowest BCUT2D eigenvalue weighted by Gasteiger charge is -2.17. The van der Waals surface area contributed by atoms with Crippen molar-refractivity contribution in [3.8, 4) is 6.07 Å². The number of aryl methyl sites for hydroxylation is 2. The molecule has 0 N–H and O–H groups in total. The van der Waals surface area contributed by atoms with Gasteiger partial charge in [0.1, 0.15) is 11.6 Å². The van der Waals surface area contributed by atoms with Crippen LogP contribution in [0.25, 0.3) is 6.08 Å². The largest absolute Gasteiger partial charge is 0.453 e. The standard InChI is InChI=1S/C23H29N3O4/c1-14-9-21(18(5)25(14)6)22(27)13-30-23(28)20(11-24)10-19-8-15(2)26(17(19)4)16(3)12-29-7/h8-10,16H,12-13H2,1-7H3/b20-10+/t16-/m1/s1. The van der Waals surface area contributed by atoms with Crippen LogP contribution in [-0.2, 0) is 21.3 Å². The van der Waals surface area contributed by atoms with Gasteiger partial charge in [0.25, 0.3) is 0 Å². The van der Waals surface area contributed by atoms with Crippen molar-refractivity contribution in [1.29, 1.82) is 5.26 Å². The summed E-state index contributed by atoms with van der Waals surface area (Å²) in [4.78, 5) is 24.8. The number of nitriles is 1. The highest BCUT2D eigenvalue weighted by molar-refractivity contribution is 6.02. The molecule has 2 rings (SSSR count). The minimum atomic E-state index is -0.814. The Morgan fingerprint density at radius 1 is 1.17 bits per heavy atom. The summed E-state index contributed by atoms with van der Waals surface area (Å²) in [5.74, 6) is -1.11. The summed E-state index contributed by atoms with van der Waals surface area (Å²) < 4.78 is 14.4. The highest BCUT2D eigenvalue weighted by Gasteiger charge is 2.19. The van der Waals surface area contributed by atoms with Crippen molar-refractivity contribution >= 4 is 17.8 Å². The van der Waals surface area contributed by atoms with Crippen LogP contribution in [0.15, 0.2) is 17.7 Å². The summed E-state index contributed by atoms with van der Waals surface area (Å²) in [5.41, 5.74) is 4.79. The zero-order chi connectivity index (χ0) is 22.6. The van der Waals surface area contributed by atoms with E-state index >= 15 is 0 Å². The quantitative estimate of drug-likeness (QED) is 0.287. The summed E-state index contributed by atoms with van der Waals surface area (Å²) in [6, 6.07) is 5.68. The van der Waals surface area contributed by atoms with E-state index < -0.39 is 12.6 Å². The fraction of sp³-hybridized carbons (Fsp3) is 0.435. The van der Waals surface area contributed by atoms with Crippen molar-refractivity contribution in [2.75, 3.05) is 20.3 Å². The molecule has 2 heterocycles. The molecule has 0 bridgehead atoms. The van der Waals surface area contributed by atoms with E-state index in [1.165, 1.54) is 6.08 Å². The number of methoxy groups -OCH3 is 1. The second-order valence-electron chi connectivity index (χ2n) is 7.51. The summed E-state index contributed by atoms with van der Waals surface area (Å²) in [6.45, 7) is 9.80. The van der Waals surface area contributed by atoms with Crippen molar-refractivity contribution < 1.29 is 19.1 Å². The molecule has 0 aliphatic rings. The summed E-state index contributed by atoms with van der Waals surface area (Å²) >= 11 is 0. The molecule has 7 nitrogen and oxygen atoms in total. The molecule has 0 saturated heterocycles. The predicted molar refractivity (Wildman–Crippen MR) is 114 cm³/mol. The third-order valence-corrected chi connectivity index (χ3v) is 5.42. The van der Waals surface area contributed by atoms with Crippen molar-refractivity contribution in [2.24, 2.45) is 7.05 Å². The predicted octanol–water partition coefficient (Wildman–Crippen LogP) is 3.60. The van der Waals surface area contributed by atoms with Crippen molar-refractivity contribution in [3.63, 3.8) is 0 Å². The Kier molecular flexibility index (Phi) is 7.41. The first-order valence-electron chi connectivity index (χ1n) is 9.74. The number of carbonyl (C=O) groups excluding carboxylic acids is 2. The van der Waals surface area contributed by atoms with Gasteiger partial charge in [-0.25, -0.2) is 4.79 Å². The van der Waals surface area contributed by atoms with Gasteiger partial charge >= 0.3 is 5.97 Å². The molecule has 0 spiro atoms. The lowest BCUT2D eigenvalue weighted by molar-refractivity contribution is -0.137. The Balaban J connectivity index is 2.18. The summed E-state index contributed by atoms with van der Waals surface area (Å²) in [5, 5.41) is 9.45. The molecule has 0 aromatic carbocycles. The van der Waals surface area contributed by atoms with E-state index in [2.05, 4.69) is 4.57 Å². The van der Waals surface area contributed by atoms with Crippen LogP contribution >= 0.6 is 0 Å². The second kappa shape index (κ2) is 9.59. The molecule has 160 valence electrons. The molecule has 2 aromatic heterocycles. The molecule has 0 unspecified atom stereocenters. The Morgan fingerprint density at radius 3 is 2.37 bits per heavy atom. The molecule has 0 radical (unpaired) electrons. The topological polar surface area (TPSA) is 86.2 Å². The molecular weight excluding hydrogens is 382 g/mol. The molecule has 2 aromatic rings. The lowest BCUT2D eigenvalue weighted by atomic mass is 10.1. The number of Topliss-reactive ketones (excluding diaryl/α,β-unsaturated/α-hetero) is 1. The molecule has 0 saturated carbocycles. The van der Waals surface area contributed by atoms with Crippen molar-refractivity contribution in [3.05, 3.63) is 51.6 Å². The van der Waals surface area contributed by atoms with Crippen LogP contribution in [0.4, 0.5) is 0 Å². The van der Waals surface area contributed by atoms with Crippen LogP contribution in [0, 0.1) is 39.0 Å². The van der Waals surface area contributed by atoms with Gasteiger partial charge in [-0.15, -0.1) is 0 Å². The fourth-order valence-electron chi connectivity index (χ4n) is 3.66. The molecule has 0 fully saturated rings. The average molecular weight is 412 g/mol. The van der Waals surface area contributed by atoms with Gasteiger partial charge in [0.05, 0.1) is 12.6 Å². The third-order valence-electron chi connectivity index (χ3n) is 5.42.